The zero-order valence-corrected chi connectivity index (χ0v) is 18.4. The van der Waals surface area contributed by atoms with Gasteiger partial charge in [-0.3, -0.25) is 0 Å². The Morgan fingerprint density at radius 3 is 1.90 bits per heavy atom. The van der Waals surface area contributed by atoms with Crippen LogP contribution in [-0.2, 0) is 9.30 Å². The molecule has 1 aliphatic heterocycles. The maximum absolute atomic E-state index is 15.4. The van der Waals surface area contributed by atoms with Crippen LogP contribution in [0.25, 0.3) is 0 Å². The summed E-state index contributed by atoms with van der Waals surface area (Å²) in [6.45, 7) is 2.25. The molecular formula is C27H29O2P. The lowest BCUT2D eigenvalue weighted by Crippen LogP contribution is -2.43. The van der Waals surface area contributed by atoms with Crippen LogP contribution in [0.15, 0.2) is 91.0 Å². The van der Waals surface area contributed by atoms with Gasteiger partial charge in [-0.2, -0.15) is 0 Å². The second-order valence-electron chi connectivity index (χ2n) is 8.78. The van der Waals surface area contributed by atoms with Crippen molar-refractivity contribution in [3.8, 4) is 0 Å². The van der Waals surface area contributed by atoms with Gasteiger partial charge in [-0.1, -0.05) is 111 Å². The molecule has 3 heteroatoms. The molecule has 3 aromatic rings. The van der Waals surface area contributed by atoms with Gasteiger partial charge in [0.05, 0.1) is 11.8 Å². The molecule has 30 heavy (non-hydrogen) atoms. The third-order valence-corrected chi connectivity index (χ3v) is 10.9. The summed E-state index contributed by atoms with van der Waals surface area (Å²) in [6.07, 6.45) is 4.69. The van der Waals surface area contributed by atoms with E-state index in [0.717, 1.165) is 29.9 Å². The monoisotopic (exact) mass is 416 g/mol. The van der Waals surface area contributed by atoms with Crippen LogP contribution in [-0.4, -0.2) is 17.4 Å². The minimum Gasteiger partial charge on any atom is -0.365 e. The topological polar surface area (TPSA) is 29.6 Å². The second-order valence-corrected chi connectivity index (χ2v) is 11.7. The van der Waals surface area contributed by atoms with Crippen molar-refractivity contribution < 1.29 is 9.30 Å². The molecule has 5 rings (SSSR count). The second kappa shape index (κ2) is 7.84. The molecule has 2 aliphatic rings. The smallest absolute Gasteiger partial charge is 0.149 e. The van der Waals surface area contributed by atoms with E-state index in [1.54, 1.807) is 0 Å². The summed E-state index contributed by atoms with van der Waals surface area (Å²) in [5, 5.41) is 1.89. The Morgan fingerprint density at radius 1 is 0.833 bits per heavy atom. The van der Waals surface area contributed by atoms with Crippen LogP contribution in [0, 0.1) is 0 Å². The number of hydrogen-bond acceptors (Lipinski definition) is 2. The molecule has 3 aromatic carbocycles. The van der Waals surface area contributed by atoms with Gasteiger partial charge in [-0.15, -0.1) is 0 Å². The van der Waals surface area contributed by atoms with Crippen LogP contribution in [0.2, 0.25) is 0 Å². The predicted molar refractivity (Wildman–Crippen MR) is 124 cm³/mol. The van der Waals surface area contributed by atoms with Crippen LogP contribution >= 0.6 is 7.14 Å². The summed E-state index contributed by atoms with van der Waals surface area (Å²) >= 11 is 0. The largest absolute Gasteiger partial charge is 0.365 e. The SMILES string of the molecule is C[C@H](c1ccccc1)[C@@H]([C@@]12CCCC[C@@H]1O2)P(=O)(c1ccccc1)c1ccccc1. The van der Waals surface area contributed by atoms with Crippen LogP contribution in [0.3, 0.4) is 0 Å². The van der Waals surface area contributed by atoms with Crippen molar-refractivity contribution in [3.05, 3.63) is 96.6 Å². The van der Waals surface area contributed by atoms with Gasteiger partial charge in [0, 0.05) is 10.6 Å². The first-order valence-electron chi connectivity index (χ1n) is 11.1. The summed E-state index contributed by atoms with van der Waals surface area (Å²) in [4.78, 5) is 0. The van der Waals surface area contributed by atoms with Gasteiger partial charge in [0.2, 0.25) is 0 Å². The summed E-state index contributed by atoms with van der Waals surface area (Å²) in [6, 6.07) is 30.8. The van der Waals surface area contributed by atoms with E-state index in [9.17, 15) is 0 Å². The molecular weight excluding hydrogens is 387 g/mol. The van der Waals surface area contributed by atoms with E-state index < -0.39 is 7.14 Å². The molecule has 0 spiro atoms. The standard InChI is InChI=1S/C27H29O2P/c1-21(22-13-5-2-6-14-22)26(27-20-12-11-19-25(27)29-27)30(28,23-15-7-3-8-16-23)24-17-9-4-10-18-24/h2-10,13-18,21,25-26H,11-12,19-20H2,1H3/t21-,25+,26+,27-/m1/s1. The van der Waals surface area contributed by atoms with Gasteiger partial charge in [-0.05, 0) is 24.3 Å². The zero-order chi connectivity index (χ0) is 20.6. The van der Waals surface area contributed by atoms with Gasteiger partial charge in [0.15, 0.2) is 0 Å². The highest BCUT2D eigenvalue weighted by atomic mass is 31.2. The normalized spacial score (nSPS) is 25.2. The van der Waals surface area contributed by atoms with Gasteiger partial charge in [0.25, 0.3) is 0 Å². The van der Waals surface area contributed by atoms with Gasteiger partial charge in [-0.25, -0.2) is 0 Å². The molecule has 0 aromatic heterocycles. The highest BCUT2D eigenvalue weighted by Gasteiger charge is 2.67. The lowest BCUT2D eigenvalue weighted by atomic mass is 9.80. The molecule has 4 atom stereocenters. The Morgan fingerprint density at radius 2 is 1.37 bits per heavy atom. The average molecular weight is 417 g/mol. The van der Waals surface area contributed by atoms with Crippen molar-refractivity contribution in [3.63, 3.8) is 0 Å². The maximum atomic E-state index is 15.4. The van der Waals surface area contributed by atoms with Crippen molar-refractivity contribution in [1.29, 1.82) is 0 Å². The fourth-order valence-electron chi connectivity index (χ4n) is 5.65. The Labute approximate surface area is 179 Å². The van der Waals surface area contributed by atoms with Gasteiger partial charge >= 0.3 is 0 Å². The van der Waals surface area contributed by atoms with E-state index in [2.05, 4.69) is 61.5 Å². The van der Waals surface area contributed by atoms with Crippen molar-refractivity contribution in [2.75, 3.05) is 0 Å². The molecule has 1 heterocycles. The maximum Gasteiger partial charge on any atom is 0.149 e. The average Bonchev–Trinajstić information content (AvgIpc) is 3.56. The number of ether oxygens (including phenoxy) is 1. The number of benzene rings is 3. The lowest BCUT2D eigenvalue weighted by molar-refractivity contribution is 0.263. The van der Waals surface area contributed by atoms with Crippen LogP contribution < -0.4 is 10.6 Å². The molecule has 2 fully saturated rings. The molecule has 1 aliphatic carbocycles. The van der Waals surface area contributed by atoms with Crippen LogP contribution in [0.4, 0.5) is 0 Å². The Kier molecular flexibility index (Phi) is 5.17. The number of fused-ring (bicyclic) bond motifs is 1. The summed E-state index contributed by atoms with van der Waals surface area (Å²) in [5.41, 5.74) is 0.876. The zero-order valence-electron chi connectivity index (χ0n) is 17.5. The molecule has 0 amide bonds. The third kappa shape index (κ3) is 3.18. The molecule has 1 saturated heterocycles. The number of epoxide rings is 1. The van der Waals surface area contributed by atoms with Crippen molar-refractivity contribution in [1.82, 2.24) is 0 Å². The molecule has 154 valence electrons. The Bertz CT molecular complexity index is 991. The molecule has 0 unspecified atom stereocenters. The van der Waals surface area contributed by atoms with Crippen molar-refractivity contribution >= 4 is 17.8 Å². The minimum atomic E-state index is -2.97. The molecule has 0 bridgehead atoms. The van der Waals surface area contributed by atoms with E-state index in [1.165, 1.54) is 12.0 Å². The fraction of sp³-hybridized carbons (Fsp3) is 0.333. The van der Waals surface area contributed by atoms with E-state index in [4.69, 9.17) is 4.74 Å². The lowest BCUT2D eigenvalue weighted by Gasteiger charge is -2.39. The van der Waals surface area contributed by atoms with Crippen LogP contribution in [0.1, 0.15) is 44.1 Å². The number of hydrogen-bond donors (Lipinski definition) is 0. The third-order valence-electron chi connectivity index (χ3n) is 7.10. The minimum absolute atomic E-state index is 0.0810. The van der Waals surface area contributed by atoms with E-state index in [0.29, 0.717) is 0 Å². The van der Waals surface area contributed by atoms with E-state index in [1.807, 2.05) is 36.4 Å². The quantitative estimate of drug-likeness (QED) is 0.371. The fourth-order valence-corrected chi connectivity index (χ4v) is 9.59. The van der Waals surface area contributed by atoms with Gasteiger partial charge < -0.3 is 9.30 Å². The van der Waals surface area contributed by atoms with Crippen molar-refractivity contribution in [2.45, 2.75) is 55.9 Å². The van der Waals surface area contributed by atoms with E-state index >= 15 is 4.57 Å². The molecule has 0 radical (unpaired) electrons. The summed E-state index contributed by atoms with van der Waals surface area (Å²) in [7, 11) is -2.97. The Hall–Kier alpha value is -2.15. The molecule has 1 saturated carbocycles. The first-order chi connectivity index (χ1) is 14.7. The van der Waals surface area contributed by atoms with Crippen molar-refractivity contribution in [2.24, 2.45) is 0 Å². The first-order valence-corrected chi connectivity index (χ1v) is 12.9. The van der Waals surface area contributed by atoms with Gasteiger partial charge in [0.1, 0.15) is 12.7 Å². The highest BCUT2D eigenvalue weighted by molar-refractivity contribution is 7.79. The van der Waals surface area contributed by atoms with Crippen LogP contribution in [0.5, 0.6) is 0 Å². The summed E-state index contributed by atoms with van der Waals surface area (Å²) < 4.78 is 21.9. The highest BCUT2D eigenvalue weighted by Crippen LogP contribution is 2.66. The first kappa shape index (κ1) is 19.8. The summed E-state index contributed by atoms with van der Waals surface area (Å²) in [5.74, 6) is 0.126. The number of rotatable bonds is 6. The Balaban J connectivity index is 1.73. The molecule has 0 N–H and O–H groups in total. The predicted octanol–water partition coefficient (Wildman–Crippen LogP) is 5.88. The van der Waals surface area contributed by atoms with E-state index in [-0.39, 0.29) is 23.3 Å². The molecule has 2 nitrogen and oxygen atoms in total.